The van der Waals surface area contributed by atoms with E-state index >= 15 is 0 Å². The molecular weight excluding hydrogens is 252 g/mol. The van der Waals surface area contributed by atoms with Crippen molar-refractivity contribution in [2.24, 2.45) is 0 Å². The minimum Gasteiger partial charge on any atom is -0.488 e. The van der Waals surface area contributed by atoms with Gasteiger partial charge >= 0.3 is 0 Å². The van der Waals surface area contributed by atoms with Gasteiger partial charge in [-0.3, -0.25) is 4.79 Å². The van der Waals surface area contributed by atoms with Crippen LogP contribution < -0.4 is 4.74 Å². The van der Waals surface area contributed by atoms with Crippen molar-refractivity contribution >= 4 is 12.1 Å². The molecule has 0 bridgehead atoms. The van der Waals surface area contributed by atoms with Gasteiger partial charge in [0.05, 0.1) is 5.41 Å². The molecule has 1 aliphatic heterocycles. The third-order valence-corrected chi connectivity index (χ3v) is 4.14. The van der Waals surface area contributed by atoms with Gasteiger partial charge in [-0.25, -0.2) is 0 Å². The number of rotatable bonds is 4. The molecule has 0 saturated carbocycles. The minimum absolute atomic E-state index is 0.0515. The fraction of sp³-hybridized carbons (Fsp3) is 0.294. The second-order valence-electron chi connectivity index (χ2n) is 5.34. The SMILES string of the molecule is C=CCc1ccc2c(c1)[C@]1(CC=O)C=CC(=O)C[C@@H]1O2. The van der Waals surface area contributed by atoms with Crippen molar-refractivity contribution in [1.82, 2.24) is 0 Å². The lowest BCUT2D eigenvalue weighted by Crippen LogP contribution is -2.41. The fourth-order valence-electron chi connectivity index (χ4n) is 3.13. The molecule has 3 nitrogen and oxygen atoms in total. The first kappa shape index (κ1) is 12.9. The lowest BCUT2D eigenvalue weighted by atomic mass is 9.70. The topological polar surface area (TPSA) is 43.4 Å². The van der Waals surface area contributed by atoms with Gasteiger partial charge in [0.15, 0.2) is 5.78 Å². The van der Waals surface area contributed by atoms with Crippen LogP contribution in [-0.2, 0) is 21.4 Å². The number of aldehydes is 1. The average molecular weight is 268 g/mol. The third-order valence-electron chi connectivity index (χ3n) is 4.14. The number of ketones is 1. The smallest absolute Gasteiger partial charge is 0.159 e. The van der Waals surface area contributed by atoms with Crippen molar-refractivity contribution in [3.8, 4) is 5.75 Å². The van der Waals surface area contributed by atoms with E-state index in [0.29, 0.717) is 12.8 Å². The van der Waals surface area contributed by atoms with E-state index in [9.17, 15) is 9.59 Å². The van der Waals surface area contributed by atoms with Gasteiger partial charge in [0, 0.05) is 18.4 Å². The summed E-state index contributed by atoms with van der Waals surface area (Å²) in [5.41, 5.74) is 1.67. The highest BCUT2D eigenvalue weighted by atomic mass is 16.5. The number of fused-ring (bicyclic) bond motifs is 3. The van der Waals surface area contributed by atoms with Gasteiger partial charge in [-0.2, -0.15) is 0 Å². The van der Waals surface area contributed by atoms with Crippen molar-refractivity contribution in [3.63, 3.8) is 0 Å². The minimum atomic E-state index is -0.484. The maximum Gasteiger partial charge on any atom is 0.159 e. The van der Waals surface area contributed by atoms with E-state index in [1.807, 2.05) is 24.3 Å². The maximum atomic E-state index is 11.6. The highest BCUT2D eigenvalue weighted by molar-refractivity contribution is 5.92. The van der Waals surface area contributed by atoms with Crippen molar-refractivity contribution in [1.29, 1.82) is 0 Å². The van der Waals surface area contributed by atoms with Gasteiger partial charge in [-0.1, -0.05) is 24.3 Å². The molecule has 1 aliphatic carbocycles. The average Bonchev–Trinajstić information content (AvgIpc) is 2.73. The monoisotopic (exact) mass is 268 g/mol. The molecule has 3 rings (SSSR count). The van der Waals surface area contributed by atoms with Crippen LogP contribution in [0, 0.1) is 0 Å². The third kappa shape index (κ3) is 1.82. The first-order chi connectivity index (χ1) is 9.69. The van der Waals surface area contributed by atoms with Crippen LogP contribution in [0.1, 0.15) is 24.0 Å². The molecule has 1 heterocycles. The van der Waals surface area contributed by atoms with Crippen LogP contribution in [0.3, 0.4) is 0 Å². The number of allylic oxidation sites excluding steroid dienone is 2. The van der Waals surface area contributed by atoms with Crippen molar-refractivity contribution in [2.45, 2.75) is 30.8 Å². The summed E-state index contributed by atoms with van der Waals surface area (Å²) in [5.74, 6) is 0.833. The number of carbonyl (C=O) groups is 2. The largest absolute Gasteiger partial charge is 0.488 e. The van der Waals surface area contributed by atoms with Crippen LogP contribution in [0.15, 0.2) is 43.0 Å². The lowest BCUT2D eigenvalue weighted by molar-refractivity contribution is -0.118. The van der Waals surface area contributed by atoms with Gasteiger partial charge < -0.3 is 9.53 Å². The maximum absolute atomic E-state index is 11.6. The highest BCUT2D eigenvalue weighted by Gasteiger charge is 2.49. The van der Waals surface area contributed by atoms with Gasteiger partial charge in [0.2, 0.25) is 0 Å². The molecule has 1 aromatic carbocycles. The highest BCUT2D eigenvalue weighted by Crippen LogP contribution is 2.49. The Morgan fingerprint density at radius 1 is 1.45 bits per heavy atom. The zero-order valence-electron chi connectivity index (χ0n) is 11.2. The standard InChI is InChI=1S/C17H16O3/c1-2-3-12-4-5-15-14(10-12)17(8-9-18)7-6-13(19)11-16(17)20-15/h2,4-7,9-10,16H,1,3,8,11H2/t16-,17+/m0/s1. The van der Waals surface area contributed by atoms with Crippen molar-refractivity contribution in [3.05, 3.63) is 54.1 Å². The summed E-state index contributed by atoms with van der Waals surface area (Å²) in [6, 6.07) is 6.00. The van der Waals surface area contributed by atoms with E-state index in [1.165, 1.54) is 0 Å². The summed E-state index contributed by atoms with van der Waals surface area (Å²) < 4.78 is 5.91. The zero-order chi connectivity index (χ0) is 14.2. The Bertz CT molecular complexity index is 615. The Morgan fingerprint density at radius 3 is 3.05 bits per heavy atom. The Labute approximate surface area is 117 Å². The van der Waals surface area contributed by atoms with Gasteiger partial charge in [-0.15, -0.1) is 6.58 Å². The normalized spacial score (nSPS) is 26.6. The Kier molecular flexibility index (Phi) is 3.05. The summed E-state index contributed by atoms with van der Waals surface area (Å²) in [6.45, 7) is 3.75. The predicted molar refractivity (Wildman–Crippen MR) is 75.9 cm³/mol. The molecule has 3 heteroatoms. The summed E-state index contributed by atoms with van der Waals surface area (Å²) in [4.78, 5) is 22.7. The van der Waals surface area contributed by atoms with E-state index in [4.69, 9.17) is 4.74 Å². The quantitative estimate of drug-likeness (QED) is 0.622. The number of hydrogen-bond acceptors (Lipinski definition) is 3. The van der Waals surface area contributed by atoms with E-state index in [0.717, 1.165) is 29.6 Å². The molecule has 0 N–H and O–H groups in total. The van der Waals surface area contributed by atoms with Gasteiger partial charge in [0.25, 0.3) is 0 Å². The summed E-state index contributed by atoms with van der Waals surface area (Å²) in [6.07, 6.45) is 7.37. The molecule has 2 atom stereocenters. The summed E-state index contributed by atoms with van der Waals surface area (Å²) in [5, 5.41) is 0. The van der Waals surface area contributed by atoms with Crippen LogP contribution in [0.5, 0.6) is 5.75 Å². The molecule has 0 saturated heterocycles. The fourth-order valence-corrected chi connectivity index (χ4v) is 3.13. The van der Waals surface area contributed by atoms with Crippen LogP contribution in [-0.4, -0.2) is 18.2 Å². The summed E-state index contributed by atoms with van der Waals surface area (Å²) in [7, 11) is 0. The van der Waals surface area contributed by atoms with Crippen LogP contribution in [0.2, 0.25) is 0 Å². The molecule has 0 unspecified atom stereocenters. The molecule has 0 spiro atoms. The van der Waals surface area contributed by atoms with Crippen LogP contribution in [0.4, 0.5) is 0 Å². The number of benzene rings is 1. The lowest BCUT2D eigenvalue weighted by Gasteiger charge is -2.32. The molecule has 0 amide bonds. The molecular formula is C17H16O3. The van der Waals surface area contributed by atoms with Crippen LogP contribution >= 0.6 is 0 Å². The van der Waals surface area contributed by atoms with E-state index in [1.54, 1.807) is 6.08 Å². The van der Waals surface area contributed by atoms with E-state index in [2.05, 4.69) is 12.6 Å². The first-order valence-corrected chi connectivity index (χ1v) is 6.76. The number of carbonyl (C=O) groups excluding carboxylic acids is 2. The molecule has 0 aromatic heterocycles. The molecule has 20 heavy (non-hydrogen) atoms. The van der Waals surface area contributed by atoms with E-state index in [-0.39, 0.29) is 11.9 Å². The van der Waals surface area contributed by atoms with Gasteiger partial charge in [-0.05, 0) is 24.1 Å². The Balaban J connectivity index is 2.12. The molecule has 0 fully saturated rings. The summed E-state index contributed by atoms with van der Waals surface area (Å²) >= 11 is 0. The second kappa shape index (κ2) is 4.75. The number of hydrogen-bond donors (Lipinski definition) is 0. The second-order valence-corrected chi connectivity index (χ2v) is 5.34. The first-order valence-electron chi connectivity index (χ1n) is 6.76. The number of ether oxygens (including phenoxy) is 1. The Morgan fingerprint density at radius 2 is 2.30 bits per heavy atom. The van der Waals surface area contributed by atoms with Crippen molar-refractivity contribution < 1.29 is 14.3 Å². The molecule has 1 aromatic rings. The Hall–Kier alpha value is -2.16. The van der Waals surface area contributed by atoms with Crippen molar-refractivity contribution in [2.75, 3.05) is 0 Å². The van der Waals surface area contributed by atoms with Gasteiger partial charge in [0.1, 0.15) is 18.1 Å². The molecule has 102 valence electrons. The molecule has 2 aliphatic rings. The van der Waals surface area contributed by atoms with Crippen LogP contribution in [0.25, 0.3) is 0 Å². The molecule has 0 radical (unpaired) electrons. The predicted octanol–water partition coefficient (Wildman–Crippen LogP) is 2.53. The van der Waals surface area contributed by atoms with E-state index < -0.39 is 5.41 Å². The zero-order valence-corrected chi connectivity index (χ0v) is 11.2.